The summed E-state index contributed by atoms with van der Waals surface area (Å²) in [6.45, 7) is 5.45. The van der Waals surface area contributed by atoms with Gasteiger partial charge in [0.2, 0.25) is 5.88 Å². The lowest BCUT2D eigenvalue weighted by atomic mass is 10.1. The Balaban J connectivity index is 1.36. The zero-order chi connectivity index (χ0) is 17.1. The highest BCUT2D eigenvalue weighted by Crippen LogP contribution is 2.35. The lowest BCUT2D eigenvalue weighted by Gasteiger charge is -2.37. The van der Waals surface area contributed by atoms with Crippen LogP contribution < -0.4 is 4.74 Å². The highest BCUT2D eigenvalue weighted by molar-refractivity contribution is 5.11. The van der Waals surface area contributed by atoms with Gasteiger partial charge in [-0.3, -0.25) is 9.88 Å². The fourth-order valence-electron chi connectivity index (χ4n) is 3.99. The highest BCUT2D eigenvalue weighted by Gasteiger charge is 2.41. The van der Waals surface area contributed by atoms with Gasteiger partial charge in [-0.15, -0.1) is 0 Å². The van der Waals surface area contributed by atoms with Crippen LogP contribution in [0, 0.1) is 12.8 Å². The summed E-state index contributed by atoms with van der Waals surface area (Å²) in [5, 5.41) is 0. The van der Waals surface area contributed by atoms with Crippen molar-refractivity contribution in [2.24, 2.45) is 5.92 Å². The van der Waals surface area contributed by atoms with Crippen LogP contribution in [-0.4, -0.2) is 46.8 Å². The van der Waals surface area contributed by atoms with E-state index < -0.39 is 0 Å². The molecule has 3 heterocycles. The number of pyridine rings is 2. The van der Waals surface area contributed by atoms with Gasteiger partial charge in [0.1, 0.15) is 0 Å². The molecule has 5 heteroatoms. The number of nitrogens with zero attached hydrogens (tertiary/aromatic N) is 3. The minimum atomic E-state index is 0.316. The van der Waals surface area contributed by atoms with Gasteiger partial charge in [-0.25, -0.2) is 4.98 Å². The van der Waals surface area contributed by atoms with E-state index in [1.54, 1.807) is 6.20 Å². The molecule has 2 aromatic heterocycles. The molecule has 132 valence electrons. The molecule has 1 aliphatic carbocycles. The van der Waals surface area contributed by atoms with Gasteiger partial charge in [0.05, 0.1) is 25.0 Å². The van der Waals surface area contributed by atoms with E-state index in [9.17, 15) is 0 Å². The standard InChI is InChI=1S/C20H25N3O2/c1-15-5-4-6-17(22-15)13-23-9-10-24-19-12-16(11-18(19)23)14-25-20-7-2-3-8-21-20/h2-8,16,18-19H,9-14H2,1H3/t16-,18+,19+/m0/s1. The Morgan fingerprint density at radius 2 is 2.16 bits per heavy atom. The second-order valence-electron chi connectivity index (χ2n) is 7.03. The van der Waals surface area contributed by atoms with E-state index in [-0.39, 0.29) is 0 Å². The quantitative estimate of drug-likeness (QED) is 0.838. The first-order valence-corrected chi connectivity index (χ1v) is 9.10. The highest BCUT2D eigenvalue weighted by atomic mass is 16.5. The second-order valence-corrected chi connectivity index (χ2v) is 7.03. The van der Waals surface area contributed by atoms with Crippen molar-refractivity contribution < 1.29 is 9.47 Å². The molecule has 0 spiro atoms. The molecular formula is C20H25N3O2. The van der Waals surface area contributed by atoms with Gasteiger partial charge in [-0.1, -0.05) is 12.1 Å². The smallest absolute Gasteiger partial charge is 0.213 e. The molecule has 5 nitrogen and oxygen atoms in total. The molecule has 2 fully saturated rings. The van der Waals surface area contributed by atoms with Crippen molar-refractivity contribution in [2.45, 2.75) is 38.5 Å². The zero-order valence-corrected chi connectivity index (χ0v) is 14.7. The van der Waals surface area contributed by atoms with Gasteiger partial charge in [0, 0.05) is 37.1 Å². The molecule has 0 aromatic carbocycles. The number of hydrogen-bond acceptors (Lipinski definition) is 5. The Kier molecular flexibility index (Phi) is 4.95. The Bertz CT molecular complexity index is 694. The molecule has 0 bridgehead atoms. The average Bonchev–Trinajstić information content (AvgIpc) is 3.05. The van der Waals surface area contributed by atoms with Crippen molar-refractivity contribution in [1.82, 2.24) is 14.9 Å². The molecule has 2 aliphatic rings. The lowest BCUT2D eigenvalue weighted by Crippen LogP contribution is -2.48. The van der Waals surface area contributed by atoms with Gasteiger partial charge < -0.3 is 9.47 Å². The van der Waals surface area contributed by atoms with Crippen molar-refractivity contribution in [3.63, 3.8) is 0 Å². The van der Waals surface area contributed by atoms with Gasteiger partial charge in [-0.05, 0) is 43.9 Å². The number of rotatable bonds is 5. The van der Waals surface area contributed by atoms with Crippen molar-refractivity contribution in [3.8, 4) is 5.88 Å². The maximum atomic E-state index is 6.04. The third-order valence-corrected chi connectivity index (χ3v) is 5.16. The number of aromatic nitrogens is 2. The van der Waals surface area contributed by atoms with E-state index >= 15 is 0 Å². The molecule has 0 unspecified atom stereocenters. The van der Waals surface area contributed by atoms with Crippen LogP contribution in [0.5, 0.6) is 5.88 Å². The molecule has 2 aromatic rings. The molecule has 4 rings (SSSR count). The van der Waals surface area contributed by atoms with E-state index in [1.165, 1.54) is 0 Å². The van der Waals surface area contributed by atoms with Gasteiger partial charge in [0.15, 0.2) is 0 Å². The summed E-state index contributed by atoms with van der Waals surface area (Å²) >= 11 is 0. The number of hydrogen-bond donors (Lipinski definition) is 0. The topological polar surface area (TPSA) is 47.5 Å². The van der Waals surface area contributed by atoms with Crippen LogP contribution in [0.25, 0.3) is 0 Å². The number of ether oxygens (including phenoxy) is 2. The molecular weight excluding hydrogens is 314 g/mol. The van der Waals surface area contributed by atoms with Gasteiger partial charge in [0.25, 0.3) is 0 Å². The van der Waals surface area contributed by atoms with Gasteiger partial charge >= 0.3 is 0 Å². The van der Waals surface area contributed by atoms with E-state index in [0.717, 1.165) is 43.9 Å². The molecule has 3 atom stereocenters. The van der Waals surface area contributed by atoms with Crippen LogP contribution in [-0.2, 0) is 11.3 Å². The van der Waals surface area contributed by atoms with E-state index in [0.29, 0.717) is 30.6 Å². The van der Waals surface area contributed by atoms with Crippen molar-refractivity contribution in [3.05, 3.63) is 54.0 Å². The summed E-state index contributed by atoms with van der Waals surface area (Å²) in [5.74, 6) is 1.22. The van der Waals surface area contributed by atoms with Crippen LogP contribution in [0.1, 0.15) is 24.2 Å². The molecule has 25 heavy (non-hydrogen) atoms. The third kappa shape index (κ3) is 3.99. The fourth-order valence-corrected chi connectivity index (χ4v) is 3.99. The average molecular weight is 339 g/mol. The van der Waals surface area contributed by atoms with Crippen molar-refractivity contribution >= 4 is 0 Å². The number of fused-ring (bicyclic) bond motifs is 1. The fraction of sp³-hybridized carbons (Fsp3) is 0.500. The first-order valence-electron chi connectivity index (χ1n) is 9.10. The summed E-state index contributed by atoms with van der Waals surface area (Å²) in [4.78, 5) is 11.4. The van der Waals surface area contributed by atoms with Crippen LogP contribution in [0.3, 0.4) is 0 Å². The molecule has 0 N–H and O–H groups in total. The third-order valence-electron chi connectivity index (χ3n) is 5.16. The predicted octanol–water partition coefficient (Wildman–Crippen LogP) is 2.84. The maximum Gasteiger partial charge on any atom is 0.213 e. The SMILES string of the molecule is Cc1cccc(CN2CCO[C@@H]3C[C@@H](COc4ccccn4)C[C@H]32)n1. The Labute approximate surface area is 149 Å². The predicted molar refractivity (Wildman–Crippen MR) is 95.4 cm³/mol. The van der Waals surface area contributed by atoms with Crippen molar-refractivity contribution in [2.75, 3.05) is 19.8 Å². The first kappa shape index (κ1) is 16.5. The van der Waals surface area contributed by atoms with Crippen LogP contribution >= 0.6 is 0 Å². The van der Waals surface area contributed by atoms with E-state index in [4.69, 9.17) is 9.47 Å². The number of aryl methyl sites for hydroxylation is 1. The largest absolute Gasteiger partial charge is 0.477 e. The molecule has 0 radical (unpaired) electrons. The normalized spacial score (nSPS) is 26.4. The molecule has 1 saturated heterocycles. The van der Waals surface area contributed by atoms with Crippen LogP contribution in [0.15, 0.2) is 42.6 Å². The Hall–Kier alpha value is -1.98. The molecule has 0 amide bonds. The minimum Gasteiger partial charge on any atom is -0.477 e. The summed E-state index contributed by atoms with van der Waals surface area (Å²) in [5.41, 5.74) is 2.23. The molecule has 1 aliphatic heterocycles. The monoisotopic (exact) mass is 339 g/mol. The Morgan fingerprint density at radius 1 is 1.20 bits per heavy atom. The Morgan fingerprint density at radius 3 is 3.00 bits per heavy atom. The van der Waals surface area contributed by atoms with Crippen molar-refractivity contribution in [1.29, 1.82) is 0 Å². The molecule has 1 saturated carbocycles. The lowest BCUT2D eigenvalue weighted by molar-refractivity contribution is -0.0594. The van der Waals surface area contributed by atoms with Crippen LogP contribution in [0.4, 0.5) is 0 Å². The summed E-state index contributed by atoms with van der Waals surface area (Å²) in [7, 11) is 0. The summed E-state index contributed by atoms with van der Waals surface area (Å²) < 4.78 is 11.9. The maximum absolute atomic E-state index is 6.04. The second kappa shape index (κ2) is 7.50. The summed E-state index contributed by atoms with van der Waals surface area (Å²) in [6, 6.07) is 12.5. The van der Waals surface area contributed by atoms with E-state index in [2.05, 4.69) is 27.0 Å². The zero-order valence-electron chi connectivity index (χ0n) is 14.7. The minimum absolute atomic E-state index is 0.316. The number of morpholine rings is 1. The summed E-state index contributed by atoms with van der Waals surface area (Å²) in [6.07, 6.45) is 4.26. The first-order chi connectivity index (χ1) is 12.3. The van der Waals surface area contributed by atoms with Gasteiger partial charge in [-0.2, -0.15) is 0 Å². The van der Waals surface area contributed by atoms with Crippen LogP contribution in [0.2, 0.25) is 0 Å². The van der Waals surface area contributed by atoms with E-state index in [1.807, 2.05) is 31.2 Å².